The molecule has 0 N–H and O–H groups in total. The molecule has 3 aromatic rings. The maximum Gasteiger partial charge on any atom is 0.199 e. The third-order valence-electron chi connectivity index (χ3n) is 4.43. The van der Waals surface area contributed by atoms with Crippen LogP contribution in [0.4, 0.5) is 0 Å². The first kappa shape index (κ1) is 19.0. The average molecular weight is 378 g/mol. The van der Waals surface area contributed by atoms with Crippen LogP contribution in [0, 0.1) is 23.0 Å². The highest BCUT2D eigenvalue weighted by Gasteiger charge is 2.13. The van der Waals surface area contributed by atoms with Crippen LogP contribution in [0.3, 0.4) is 0 Å². The zero-order valence-corrected chi connectivity index (χ0v) is 16.7. The van der Waals surface area contributed by atoms with Crippen molar-refractivity contribution in [3.05, 3.63) is 70.0 Å². The van der Waals surface area contributed by atoms with Gasteiger partial charge in [0.15, 0.2) is 10.6 Å². The first-order chi connectivity index (χ1) is 13.0. The lowest BCUT2D eigenvalue weighted by Gasteiger charge is -2.16. The van der Waals surface area contributed by atoms with E-state index in [-0.39, 0.29) is 0 Å². The standard InChI is InChI=1S/C21H23N5S/c1-4-25-20(19-7-5-6-16(2)12-19)23-26(21(25)27)15-24(3)14-18-10-8-17(13-22)9-11-18/h5-12H,4,14-15H2,1-3H3. The third kappa shape index (κ3) is 4.33. The number of hydrogen-bond acceptors (Lipinski definition) is 4. The minimum atomic E-state index is 0.602. The van der Waals surface area contributed by atoms with E-state index in [4.69, 9.17) is 22.6 Å². The number of hydrogen-bond donors (Lipinski definition) is 0. The summed E-state index contributed by atoms with van der Waals surface area (Å²) in [6, 6.07) is 18.1. The number of aromatic nitrogens is 3. The van der Waals surface area contributed by atoms with Gasteiger partial charge in [0.2, 0.25) is 0 Å². The summed E-state index contributed by atoms with van der Waals surface area (Å²) in [7, 11) is 2.04. The first-order valence-corrected chi connectivity index (χ1v) is 9.35. The predicted octanol–water partition coefficient (Wildman–Crippen LogP) is 4.37. The SMILES string of the molecule is CCn1c(-c2cccc(C)c2)nn(CN(C)Cc2ccc(C#N)cc2)c1=S. The molecule has 0 aliphatic heterocycles. The van der Waals surface area contributed by atoms with Crippen LogP contribution in [0.1, 0.15) is 23.6 Å². The van der Waals surface area contributed by atoms with E-state index in [1.807, 2.05) is 42.1 Å². The van der Waals surface area contributed by atoms with Gasteiger partial charge in [-0.1, -0.05) is 35.9 Å². The topological polar surface area (TPSA) is 49.8 Å². The monoisotopic (exact) mass is 377 g/mol. The van der Waals surface area contributed by atoms with Crippen molar-refractivity contribution < 1.29 is 0 Å². The highest BCUT2D eigenvalue weighted by Crippen LogP contribution is 2.20. The Kier molecular flexibility index (Phi) is 5.84. The second-order valence-corrected chi connectivity index (χ2v) is 7.05. The molecule has 0 radical (unpaired) electrons. The molecule has 2 aromatic carbocycles. The lowest BCUT2D eigenvalue weighted by atomic mass is 10.1. The molecular weight excluding hydrogens is 354 g/mol. The third-order valence-corrected chi connectivity index (χ3v) is 4.86. The fourth-order valence-electron chi connectivity index (χ4n) is 3.09. The van der Waals surface area contributed by atoms with Crippen molar-refractivity contribution in [1.82, 2.24) is 19.2 Å². The Hall–Kier alpha value is -2.75. The van der Waals surface area contributed by atoms with Crippen molar-refractivity contribution in [2.75, 3.05) is 7.05 Å². The van der Waals surface area contributed by atoms with Crippen LogP contribution in [-0.2, 0) is 19.8 Å². The number of rotatable bonds is 6. The average Bonchev–Trinajstić information content (AvgIpc) is 2.98. The molecule has 0 saturated heterocycles. The molecule has 138 valence electrons. The van der Waals surface area contributed by atoms with E-state index in [9.17, 15) is 0 Å². The fraction of sp³-hybridized carbons (Fsp3) is 0.286. The maximum atomic E-state index is 8.91. The molecule has 0 saturated carbocycles. The number of aryl methyl sites for hydroxylation is 1. The van der Waals surface area contributed by atoms with E-state index >= 15 is 0 Å². The molecule has 1 aromatic heterocycles. The summed E-state index contributed by atoms with van der Waals surface area (Å²) in [5, 5.41) is 13.7. The molecule has 0 unspecified atom stereocenters. The van der Waals surface area contributed by atoms with Crippen molar-refractivity contribution in [3.63, 3.8) is 0 Å². The van der Waals surface area contributed by atoms with E-state index in [1.165, 1.54) is 5.56 Å². The predicted molar refractivity (Wildman–Crippen MR) is 110 cm³/mol. The lowest BCUT2D eigenvalue weighted by molar-refractivity contribution is 0.244. The van der Waals surface area contributed by atoms with Gasteiger partial charge in [-0.2, -0.15) is 10.4 Å². The molecule has 3 rings (SSSR count). The van der Waals surface area contributed by atoms with Gasteiger partial charge < -0.3 is 4.57 Å². The molecule has 0 spiro atoms. The zero-order valence-electron chi connectivity index (χ0n) is 15.9. The van der Waals surface area contributed by atoms with Crippen molar-refractivity contribution in [2.45, 2.75) is 33.6 Å². The van der Waals surface area contributed by atoms with Crippen LogP contribution in [0.25, 0.3) is 11.4 Å². The minimum absolute atomic E-state index is 0.602. The lowest BCUT2D eigenvalue weighted by Crippen LogP contribution is -2.22. The van der Waals surface area contributed by atoms with E-state index in [0.717, 1.165) is 34.8 Å². The molecule has 5 nitrogen and oxygen atoms in total. The molecule has 0 atom stereocenters. The molecule has 0 aliphatic rings. The highest BCUT2D eigenvalue weighted by atomic mass is 32.1. The van der Waals surface area contributed by atoms with Crippen molar-refractivity contribution in [3.8, 4) is 17.5 Å². The summed E-state index contributed by atoms with van der Waals surface area (Å²) in [6.45, 7) is 6.30. The van der Waals surface area contributed by atoms with Gasteiger partial charge in [0.05, 0.1) is 18.3 Å². The summed E-state index contributed by atoms with van der Waals surface area (Å²) in [6.07, 6.45) is 0. The van der Waals surface area contributed by atoms with Crippen molar-refractivity contribution in [1.29, 1.82) is 5.26 Å². The van der Waals surface area contributed by atoms with Crippen LogP contribution in [0.5, 0.6) is 0 Å². The summed E-state index contributed by atoms with van der Waals surface area (Å²) >= 11 is 5.66. The quantitative estimate of drug-likeness (QED) is 0.599. The molecule has 0 fully saturated rings. The van der Waals surface area contributed by atoms with E-state index < -0.39 is 0 Å². The normalized spacial score (nSPS) is 10.9. The second-order valence-electron chi connectivity index (χ2n) is 6.68. The van der Waals surface area contributed by atoms with Gasteiger partial charge in [-0.15, -0.1) is 0 Å². The number of nitriles is 1. The van der Waals surface area contributed by atoms with Crippen molar-refractivity contribution in [2.24, 2.45) is 0 Å². The van der Waals surface area contributed by atoms with Crippen LogP contribution in [0.2, 0.25) is 0 Å². The summed E-state index contributed by atoms with van der Waals surface area (Å²) in [4.78, 5) is 2.16. The molecule has 6 heteroatoms. The Morgan fingerprint density at radius 2 is 1.93 bits per heavy atom. The van der Waals surface area contributed by atoms with E-state index in [2.05, 4.69) is 47.6 Å². The smallest absolute Gasteiger partial charge is 0.199 e. The summed E-state index contributed by atoms with van der Waals surface area (Å²) in [5.74, 6) is 0.901. The van der Waals surface area contributed by atoms with E-state index in [0.29, 0.717) is 12.2 Å². The first-order valence-electron chi connectivity index (χ1n) is 8.94. The zero-order chi connectivity index (χ0) is 19.4. The second kappa shape index (κ2) is 8.30. The molecular formula is C21H23N5S. The Morgan fingerprint density at radius 1 is 1.19 bits per heavy atom. The largest absolute Gasteiger partial charge is 0.300 e. The molecule has 1 heterocycles. The van der Waals surface area contributed by atoms with Gasteiger partial charge in [-0.3, -0.25) is 4.90 Å². The van der Waals surface area contributed by atoms with Crippen LogP contribution in [0.15, 0.2) is 48.5 Å². The maximum absolute atomic E-state index is 8.91. The van der Waals surface area contributed by atoms with Gasteiger partial charge in [-0.05, 0) is 56.9 Å². The van der Waals surface area contributed by atoms with Gasteiger partial charge in [0, 0.05) is 18.7 Å². The van der Waals surface area contributed by atoms with Gasteiger partial charge in [-0.25, -0.2) is 4.68 Å². The molecule has 27 heavy (non-hydrogen) atoms. The highest BCUT2D eigenvalue weighted by molar-refractivity contribution is 7.71. The van der Waals surface area contributed by atoms with Crippen LogP contribution in [-0.4, -0.2) is 26.3 Å². The molecule has 0 amide bonds. The minimum Gasteiger partial charge on any atom is -0.300 e. The summed E-state index contributed by atoms with van der Waals surface area (Å²) in [5.41, 5.74) is 4.11. The Labute approximate surface area is 165 Å². The number of nitrogens with zero attached hydrogens (tertiary/aromatic N) is 5. The Balaban J connectivity index is 1.82. The Bertz CT molecular complexity index is 1020. The summed E-state index contributed by atoms with van der Waals surface area (Å²) < 4.78 is 4.67. The van der Waals surface area contributed by atoms with Crippen LogP contribution >= 0.6 is 12.2 Å². The molecule has 0 bridgehead atoms. The van der Waals surface area contributed by atoms with Crippen LogP contribution < -0.4 is 0 Å². The van der Waals surface area contributed by atoms with Crippen molar-refractivity contribution >= 4 is 12.2 Å². The molecule has 0 aliphatic carbocycles. The van der Waals surface area contributed by atoms with E-state index in [1.54, 1.807) is 0 Å². The van der Waals surface area contributed by atoms with Gasteiger partial charge >= 0.3 is 0 Å². The fourth-order valence-corrected chi connectivity index (χ4v) is 3.41. The van der Waals surface area contributed by atoms with Gasteiger partial charge in [0.1, 0.15) is 0 Å². The van der Waals surface area contributed by atoms with Gasteiger partial charge in [0.25, 0.3) is 0 Å². The Morgan fingerprint density at radius 3 is 2.56 bits per heavy atom. The number of benzene rings is 2.